The van der Waals surface area contributed by atoms with Crippen molar-refractivity contribution in [3.63, 3.8) is 0 Å². The number of carboxylic acids is 1. The van der Waals surface area contributed by atoms with Gasteiger partial charge in [-0.05, 0) is 36.8 Å². The maximum atomic E-state index is 10.9. The van der Waals surface area contributed by atoms with Crippen molar-refractivity contribution in [2.75, 3.05) is 5.73 Å². The van der Waals surface area contributed by atoms with Crippen LogP contribution in [0.4, 0.5) is 5.69 Å². The van der Waals surface area contributed by atoms with Crippen molar-refractivity contribution in [2.45, 2.75) is 13.5 Å². The third-order valence-corrected chi connectivity index (χ3v) is 3.20. The molecule has 0 unspecified atom stereocenters. The van der Waals surface area contributed by atoms with E-state index in [1.165, 1.54) is 18.2 Å². The van der Waals surface area contributed by atoms with Gasteiger partial charge in [-0.3, -0.25) is 0 Å². The maximum Gasteiger partial charge on any atom is 0.335 e. The second-order valence-corrected chi connectivity index (χ2v) is 4.85. The van der Waals surface area contributed by atoms with Crippen molar-refractivity contribution in [2.24, 2.45) is 0 Å². The lowest BCUT2D eigenvalue weighted by Gasteiger charge is -2.11. The summed E-state index contributed by atoms with van der Waals surface area (Å²) in [5.74, 6) is -0.690. The summed E-state index contributed by atoms with van der Waals surface area (Å²) in [5, 5.41) is 9.55. The molecule has 3 N–H and O–H groups in total. The number of carboxylic acid groups (broad SMARTS) is 1. The number of aromatic carboxylic acids is 1. The SMILES string of the molecule is Cc1ccc(COc2cc(C(=O)O)ccc2N)c(Cl)c1. The molecule has 2 aromatic rings. The van der Waals surface area contributed by atoms with E-state index in [0.717, 1.165) is 11.1 Å². The second kappa shape index (κ2) is 5.84. The highest BCUT2D eigenvalue weighted by molar-refractivity contribution is 6.31. The lowest BCUT2D eigenvalue weighted by Crippen LogP contribution is -2.02. The molecular weight excluding hydrogens is 278 g/mol. The summed E-state index contributed by atoms with van der Waals surface area (Å²) in [6.45, 7) is 2.18. The number of ether oxygens (including phenoxy) is 1. The number of hydrogen-bond donors (Lipinski definition) is 2. The molecule has 4 nitrogen and oxygen atoms in total. The van der Waals surface area contributed by atoms with E-state index in [9.17, 15) is 4.79 Å². The molecule has 0 heterocycles. The van der Waals surface area contributed by atoms with Crippen molar-refractivity contribution >= 4 is 23.3 Å². The first kappa shape index (κ1) is 14.2. The Labute approximate surface area is 121 Å². The zero-order chi connectivity index (χ0) is 14.7. The van der Waals surface area contributed by atoms with Gasteiger partial charge in [0.15, 0.2) is 0 Å². The normalized spacial score (nSPS) is 10.3. The lowest BCUT2D eigenvalue weighted by atomic mass is 10.1. The minimum atomic E-state index is -1.02. The molecule has 2 aromatic carbocycles. The quantitative estimate of drug-likeness (QED) is 0.846. The minimum Gasteiger partial charge on any atom is -0.487 e. The van der Waals surface area contributed by atoms with E-state index in [4.69, 9.17) is 27.2 Å². The number of anilines is 1. The number of nitrogen functional groups attached to an aromatic ring is 1. The summed E-state index contributed by atoms with van der Waals surface area (Å²) in [6, 6.07) is 9.99. The fourth-order valence-corrected chi connectivity index (χ4v) is 2.01. The molecule has 0 aromatic heterocycles. The predicted octanol–water partition coefficient (Wildman–Crippen LogP) is 3.51. The van der Waals surface area contributed by atoms with Crippen molar-refractivity contribution in [1.82, 2.24) is 0 Å². The van der Waals surface area contributed by atoms with E-state index < -0.39 is 5.97 Å². The van der Waals surface area contributed by atoms with Crippen LogP contribution in [-0.4, -0.2) is 11.1 Å². The van der Waals surface area contributed by atoms with Gasteiger partial charge < -0.3 is 15.6 Å². The smallest absolute Gasteiger partial charge is 0.335 e. The fraction of sp³-hybridized carbons (Fsp3) is 0.133. The topological polar surface area (TPSA) is 72.5 Å². The highest BCUT2D eigenvalue weighted by Gasteiger charge is 2.09. The van der Waals surface area contributed by atoms with Gasteiger partial charge in [0.05, 0.1) is 11.3 Å². The van der Waals surface area contributed by atoms with E-state index in [2.05, 4.69) is 0 Å². The Balaban J connectivity index is 2.18. The molecule has 0 bridgehead atoms. The standard InChI is InChI=1S/C15H14ClNO3/c1-9-2-3-11(12(16)6-9)8-20-14-7-10(15(18)19)4-5-13(14)17/h2-7H,8,17H2,1H3,(H,18,19). The molecule has 2 rings (SSSR count). The van der Waals surface area contributed by atoms with E-state index in [1.807, 2.05) is 25.1 Å². The average molecular weight is 292 g/mol. The molecule has 0 saturated heterocycles. The van der Waals surface area contributed by atoms with Crippen LogP contribution in [0.5, 0.6) is 5.75 Å². The Bertz CT molecular complexity index is 656. The number of aryl methyl sites for hydroxylation is 1. The molecule has 104 valence electrons. The Kier molecular flexibility index (Phi) is 4.15. The van der Waals surface area contributed by atoms with Crippen molar-refractivity contribution < 1.29 is 14.6 Å². The van der Waals surface area contributed by atoms with Gasteiger partial charge in [0, 0.05) is 10.6 Å². The van der Waals surface area contributed by atoms with Crippen LogP contribution < -0.4 is 10.5 Å². The highest BCUT2D eigenvalue weighted by Crippen LogP contribution is 2.25. The Morgan fingerprint density at radius 2 is 2.05 bits per heavy atom. The van der Waals surface area contributed by atoms with Crippen molar-refractivity contribution in [3.8, 4) is 5.75 Å². The zero-order valence-corrected chi connectivity index (χ0v) is 11.6. The van der Waals surface area contributed by atoms with Gasteiger partial charge in [-0.15, -0.1) is 0 Å². The molecule has 20 heavy (non-hydrogen) atoms. The predicted molar refractivity (Wildman–Crippen MR) is 78.3 cm³/mol. The van der Waals surface area contributed by atoms with Crippen LogP contribution in [0, 0.1) is 6.92 Å². The van der Waals surface area contributed by atoms with E-state index >= 15 is 0 Å². The van der Waals surface area contributed by atoms with Crippen LogP contribution in [0.25, 0.3) is 0 Å². The van der Waals surface area contributed by atoms with E-state index in [-0.39, 0.29) is 12.2 Å². The third-order valence-electron chi connectivity index (χ3n) is 2.85. The number of hydrogen-bond acceptors (Lipinski definition) is 3. The minimum absolute atomic E-state index is 0.129. The summed E-state index contributed by atoms with van der Waals surface area (Å²) in [4.78, 5) is 10.9. The molecule has 0 atom stereocenters. The van der Waals surface area contributed by atoms with Crippen LogP contribution in [0.15, 0.2) is 36.4 Å². The fourth-order valence-electron chi connectivity index (χ4n) is 1.72. The number of rotatable bonds is 4. The van der Waals surface area contributed by atoms with Crippen molar-refractivity contribution in [3.05, 3.63) is 58.1 Å². The first-order valence-corrected chi connectivity index (χ1v) is 6.36. The van der Waals surface area contributed by atoms with Crippen LogP contribution >= 0.6 is 11.6 Å². The lowest BCUT2D eigenvalue weighted by molar-refractivity contribution is 0.0696. The van der Waals surface area contributed by atoms with Gasteiger partial charge in [0.25, 0.3) is 0 Å². The Morgan fingerprint density at radius 1 is 1.30 bits per heavy atom. The van der Waals surface area contributed by atoms with Gasteiger partial charge in [-0.2, -0.15) is 0 Å². The monoisotopic (exact) mass is 291 g/mol. The maximum absolute atomic E-state index is 10.9. The summed E-state index contributed by atoms with van der Waals surface area (Å²) in [5.41, 5.74) is 8.16. The summed E-state index contributed by atoms with van der Waals surface area (Å²) in [7, 11) is 0. The van der Waals surface area contributed by atoms with Crippen molar-refractivity contribution in [1.29, 1.82) is 0 Å². The molecule has 0 amide bonds. The Morgan fingerprint density at radius 3 is 2.70 bits per heavy atom. The Hall–Kier alpha value is -2.20. The summed E-state index contributed by atoms with van der Waals surface area (Å²) in [6.07, 6.45) is 0. The molecular formula is C15H14ClNO3. The highest BCUT2D eigenvalue weighted by atomic mass is 35.5. The summed E-state index contributed by atoms with van der Waals surface area (Å²) < 4.78 is 5.56. The van der Waals surface area contributed by atoms with Gasteiger partial charge in [-0.1, -0.05) is 23.7 Å². The number of halogens is 1. The molecule has 0 spiro atoms. The van der Waals surface area contributed by atoms with Crippen LogP contribution in [-0.2, 0) is 6.61 Å². The van der Waals surface area contributed by atoms with E-state index in [0.29, 0.717) is 16.5 Å². The number of benzene rings is 2. The van der Waals surface area contributed by atoms with Gasteiger partial charge >= 0.3 is 5.97 Å². The molecule has 0 radical (unpaired) electrons. The molecule has 0 saturated carbocycles. The van der Waals surface area contributed by atoms with Gasteiger partial charge in [0.2, 0.25) is 0 Å². The van der Waals surface area contributed by atoms with E-state index in [1.54, 1.807) is 0 Å². The molecule has 0 fully saturated rings. The van der Waals surface area contributed by atoms with Crippen LogP contribution in [0.1, 0.15) is 21.5 Å². The van der Waals surface area contributed by atoms with Crippen LogP contribution in [0.3, 0.4) is 0 Å². The van der Waals surface area contributed by atoms with Crippen LogP contribution in [0.2, 0.25) is 5.02 Å². The largest absolute Gasteiger partial charge is 0.487 e. The molecule has 0 aliphatic carbocycles. The van der Waals surface area contributed by atoms with Gasteiger partial charge in [0.1, 0.15) is 12.4 Å². The average Bonchev–Trinajstić information content (AvgIpc) is 2.39. The number of nitrogens with two attached hydrogens (primary N) is 1. The molecule has 0 aliphatic rings. The third kappa shape index (κ3) is 3.22. The van der Waals surface area contributed by atoms with Gasteiger partial charge in [-0.25, -0.2) is 4.79 Å². The zero-order valence-electron chi connectivity index (χ0n) is 10.9. The first-order chi connectivity index (χ1) is 9.47. The molecule has 0 aliphatic heterocycles. The second-order valence-electron chi connectivity index (χ2n) is 4.44. The first-order valence-electron chi connectivity index (χ1n) is 5.98. The summed E-state index contributed by atoms with van der Waals surface area (Å²) >= 11 is 6.11. The number of carbonyl (C=O) groups is 1. The molecule has 5 heteroatoms.